The second kappa shape index (κ2) is 6.70. The van der Waals surface area contributed by atoms with Crippen molar-refractivity contribution < 1.29 is 19.0 Å². The third-order valence-corrected chi connectivity index (χ3v) is 4.72. The molecule has 0 bridgehead atoms. The van der Waals surface area contributed by atoms with Crippen molar-refractivity contribution >= 4 is 40.6 Å². The number of rotatable bonds is 4. The molecule has 4 nitrogen and oxygen atoms in total. The van der Waals surface area contributed by atoms with Gasteiger partial charge in [-0.3, -0.25) is 4.79 Å². The van der Waals surface area contributed by atoms with E-state index in [-0.39, 0.29) is 17.3 Å². The van der Waals surface area contributed by atoms with Crippen LogP contribution in [0.15, 0.2) is 46.5 Å². The maximum absolute atomic E-state index is 12.6. The largest absolute Gasteiger partial charge is 0.426 e. The van der Waals surface area contributed by atoms with E-state index in [4.69, 9.17) is 14.2 Å². The van der Waals surface area contributed by atoms with Gasteiger partial charge in [0.15, 0.2) is 11.5 Å². The van der Waals surface area contributed by atoms with Crippen molar-refractivity contribution in [2.24, 2.45) is 0 Å². The quantitative estimate of drug-likeness (QED) is 0.762. The molecule has 1 aliphatic rings. The van der Waals surface area contributed by atoms with E-state index < -0.39 is 5.97 Å². The first-order chi connectivity index (χ1) is 11.1. The van der Waals surface area contributed by atoms with Crippen LogP contribution in [0.5, 0.6) is 0 Å². The summed E-state index contributed by atoms with van der Waals surface area (Å²) in [5, 5.41) is 3.89. The van der Waals surface area contributed by atoms with E-state index in [1.54, 1.807) is 19.1 Å². The molecule has 6 heteroatoms. The highest BCUT2D eigenvalue weighted by atomic mass is 32.1. The first kappa shape index (κ1) is 16.0. The minimum absolute atomic E-state index is 0.220. The van der Waals surface area contributed by atoms with Crippen molar-refractivity contribution in [1.29, 1.82) is 0 Å². The Morgan fingerprint density at radius 2 is 1.61 bits per heavy atom. The van der Waals surface area contributed by atoms with E-state index in [0.717, 1.165) is 9.75 Å². The highest BCUT2D eigenvalue weighted by molar-refractivity contribution is 7.11. The molecule has 0 unspecified atom stereocenters. The fourth-order valence-corrected chi connectivity index (χ4v) is 3.44. The average Bonchev–Trinajstić information content (AvgIpc) is 3.18. The number of Topliss-reactive ketones (excluding diaryl/α,β-unsaturated/α-hetero) is 1. The number of carbonyl (C=O) groups excluding carboxylic acids is 1. The zero-order valence-corrected chi connectivity index (χ0v) is 14.4. The van der Waals surface area contributed by atoms with Crippen molar-refractivity contribution in [3.63, 3.8) is 0 Å². The molecular formula is C17H16O4S2. The van der Waals surface area contributed by atoms with E-state index in [1.807, 2.05) is 41.9 Å². The molecule has 1 aliphatic heterocycles. The normalized spacial score (nSPS) is 24.7. The molecule has 2 aromatic rings. The summed E-state index contributed by atoms with van der Waals surface area (Å²) in [6.07, 6.45) is 3.43. The van der Waals surface area contributed by atoms with Gasteiger partial charge in [0.2, 0.25) is 0 Å². The van der Waals surface area contributed by atoms with Crippen LogP contribution in [0.1, 0.15) is 23.6 Å². The van der Waals surface area contributed by atoms with Crippen LogP contribution in [0.2, 0.25) is 0 Å². The molecule has 0 aliphatic carbocycles. The van der Waals surface area contributed by atoms with Crippen LogP contribution in [0, 0.1) is 0 Å². The van der Waals surface area contributed by atoms with Gasteiger partial charge in [-0.15, -0.1) is 22.7 Å². The van der Waals surface area contributed by atoms with Crippen molar-refractivity contribution in [3.05, 3.63) is 56.3 Å². The molecule has 1 fully saturated rings. The maximum Gasteiger partial charge on any atom is 0.368 e. The Morgan fingerprint density at radius 1 is 1.09 bits per heavy atom. The summed E-state index contributed by atoms with van der Waals surface area (Å²) >= 11 is 3.06. The van der Waals surface area contributed by atoms with Gasteiger partial charge in [-0.25, -0.2) is 0 Å². The molecule has 3 heterocycles. The molecule has 0 saturated carbocycles. The lowest BCUT2D eigenvalue weighted by molar-refractivity contribution is -0.343. The summed E-state index contributed by atoms with van der Waals surface area (Å²) in [6.45, 7) is 3.91. The molecule has 0 N–H and O–H groups in total. The fraction of sp³-hybridized carbons (Fsp3) is 0.235. The van der Waals surface area contributed by atoms with Crippen LogP contribution in [-0.4, -0.2) is 18.4 Å². The number of hydrogen-bond donors (Lipinski definition) is 0. The number of ketones is 1. The summed E-state index contributed by atoms with van der Waals surface area (Å²) < 4.78 is 16.9. The molecule has 120 valence electrons. The van der Waals surface area contributed by atoms with Gasteiger partial charge < -0.3 is 14.2 Å². The highest BCUT2D eigenvalue weighted by Gasteiger charge is 2.41. The minimum Gasteiger partial charge on any atom is -0.426 e. The van der Waals surface area contributed by atoms with Gasteiger partial charge >= 0.3 is 5.97 Å². The molecule has 1 saturated heterocycles. The first-order valence-electron chi connectivity index (χ1n) is 7.17. The standard InChI is InChI=1S/C17H16O4S2/c1-3-19-17(2)20-14(10-12-6-4-8-22-12)16(18)15(21-17)11-13-7-5-9-23-13/h4-11H,3H2,1-2H3. The fourth-order valence-electron chi connectivity index (χ4n) is 2.15. The predicted octanol–water partition coefficient (Wildman–Crippen LogP) is 4.52. The molecule has 0 atom stereocenters. The van der Waals surface area contributed by atoms with Crippen LogP contribution in [-0.2, 0) is 19.0 Å². The first-order valence-corrected chi connectivity index (χ1v) is 8.92. The summed E-state index contributed by atoms with van der Waals surface area (Å²) in [4.78, 5) is 14.5. The Kier molecular flexibility index (Phi) is 4.66. The third-order valence-electron chi connectivity index (χ3n) is 3.08. The second-order valence-corrected chi connectivity index (χ2v) is 6.84. The van der Waals surface area contributed by atoms with Gasteiger partial charge in [-0.05, 0) is 29.8 Å². The summed E-state index contributed by atoms with van der Waals surface area (Å²) in [5.41, 5.74) is 0. The maximum atomic E-state index is 12.6. The molecule has 0 radical (unpaired) electrons. The Bertz CT molecular complexity index is 671. The van der Waals surface area contributed by atoms with Gasteiger partial charge in [-0.2, -0.15) is 0 Å². The van der Waals surface area contributed by atoms with Crippen LogP contribution in [0.3, 0.4) is 0 Å². The summed E-state index contributed by atoms with van der Waals surface area (Å²) in [6, 6.07) is 7.69. The molecule has 2 aromatic heterocycles. The summed E-state index contributed by atoms with van der Waals surface area (Å²) in [5.74, 6) is -1.16. The predicted molar refractivity (Wildman–Crippen MR) is 91.8 cm³/mol. The zero-order chi connectivity index (χ0) is 16.3. The minimum atomic E-state index is -1.31. The molecule has 3 rings (SSSR count). The topological polar surface area (TPSA) is 44.8 Å². The highest BCUT2D eigenvalue weighted by Crippen LogP contribution is 2.33. The van der Waals surface area contributed by atoms with Crippen LogP contribution < -0.4 is 0 Å². The average molecular weight is 348 g/mol. The molecular weight excluding hydrogens is 332 g/mol. The van der Waals surface area contributed by atoms with Crippen molar-refractivity contribution in [1.82, 2.24) is 0 Å². The van der Waals surface area contributed by atoms with Gasteiger partial charge in [0.05, 0.1) is 6.61 Å². The van der Waals surface area contributed by atoms with Crippen LogP contribution in [0.4, 0.5) is 0 Å². The lowest BCUT2D eigenvalue weighted by Gasteiger charge is -2.35. The Labute approximate surface area is 142 Å². The van der Waals surface area contributed by atoms with E-state index >= 15 is 0 Å². The Morgan fingerprint density at radius 3 is 2.00 bits per heavy atom. The number of thiophene rings is 2. The zero-order valence-electron chi connectivity index (χ0n) is 12.8. The van der Waals surface area contributed by atoms with Gasteiger partial charge in [0.1, 0.15) is 0 Å². The third kappa shape index (κ3) is 3.72. The van der Waals surface area contributed by atoms with Crippen molar-refractivity contribution in [3.8, 4) is 0 Å². The van der Waals surface area contributed by atoms with E-state index in [9.17, 15) is 4.79 Å². The molecule has 0 aromatic carbocycles. The second-order valence-electron chi connectivity index (χ2n) is 4.88. The van der Waals surface area contributed by atoms with Gasteiger partial charge in [0, 0.05) is 28.8 Å². The Hall–Kier alpha value is -1.89. The van der Waals surface area contributed by atoms with Crippen LogP contribution in [0.25, 0.3) is 12.2 Å². The number of hydrogen-bond acceptors (Lipinski definition) is 6. The van der Waals surface area contributed by atoms with Crippen LogP contribution >= 0.6 is 22.7 Å². The van der Waals surface area contributed by atoms with E-state index in [1.165, 1.54) is 22.7 Å². The van der Waals surface area contributed by atoms with Gasteiger partial charge in [0.25, 0.3) is 5.78 Å². The lowest BCUT2D eigenvalue weighted by atomic mass is 10.2. The molecule has 0 spiro atoms. The number of carbonyl (C=O) groups is 1. The lowest BCUT2D eigenvalue weighted by Crippen LogP contribution is -2.42. The van der Waals surface area contributed by atoms with E-state index in [2.05, 4.69) is 0 Å². The SMILES string of the molecule is CCOC1(C)OC(=Cc2cccs2)C(=O)C(=Cc2cccs2)O1. The molecule has 23 heavy (non-hydrogen) atoms. The summed E-state index contributed by atoms with van der Waals surface area (Å²) in [7, 11) is 0. The number of ether oxygens (including phenoxy) is 3. The monoisotopic (exact) mass is 348 g/mol. The molecule has 0 amide bonds. The van der Waals surface area contributed by atoms with Gasteiger partial charge in [-0.1, -0.05) is 12.1 Å². The van der Waals surface area contributed by atoms with Crippen molar-refractivity contribution in [2.75, 3.05) is 6.61 Å². The van der Waals surface area contributed by atoms with Crippen molar-refractivity contribution in [2.45, 2.75) is 19.8 Å². The Balaban J connectivity index is 1.98. The smallest absolute Gasteiger partial charge is 0.368 e. The van der Waals surface area contributed by atoms with E-state index in [0.29, 0.717) is 6.61 Å².